The number of hydrogen-bond acceptors (Lipinski definition) is 3. The van der Waals surface area contributed by atoms with Crippen LogP contribution in [0.25, 0.3) is 80.7 Å². The first-order chi connectivity index (χ1) is 27.3. The third-order valence-corrected chi connectivity index (χ3v) is 12.1. The maximum Gasteiger partial charge on any atom is 0.143 e. The summed E-state index contributed by atoms with van der Waals surface area (Å²) in [7, 11) is 0. The summed E-state index contributed by atoms with van der Waals surface area (Å²) in [5.41, 5.74) is 12.2. The van der Waals surface area contributed by atoms with Crippen molar-refractivity contribution in [3.63, 3.8) is 0 Å². The van der Waals surface area contributed by atoms with Crippen molar-refractivity contribution in [2.24, 2.45) is 0 Å². The predicted molar refractivity (Wildman–Crippen MR) is 233 cm³/mol. The molecule has 0 spiro atoms. The monoisotopic (exact) mass is 719 g/mol. The number of para-hydroxylation sites is 3. The maximum atomic E-state index is 6.45. The first-order valence-corrected chi connectivity index (χ1v) is 19.6. The van der Waals surface area contributed by atoms with Crippen LogP contribution in [0.2, 0.25) is 0 Å². The Labute approximate surface area is 323 Å². The highest BCUT2D eigenvalue weighted by atomic mass is 32.1. The zero-order chi connectivity index (χ0) is 36.3. The summed E-state index contributed by atoms with van der Waals surface area (Å²) in [4.78, 5) is 2.46. The van der Waals surface area contributed by atoms with Gasteiger partial charge in [-0.3, -0.25) is 0 Å². The van der Waals surface area contributed by atoms with Crippen molar-refractivity contribution in [2.45, 2.75) is 12.8 Å². The molecule has 0 saturated heterocycles. The minimum atomic E-state index is 0.909. The summed E-state index contributed by atoms with van der Waals surface area (Å²) >= 11 is 1.86. The molecule has 55 heavy (non-hydrogen) atoms. The average Bonchev–Trinajstić information content (AvgIpc) is 3.83. The molecule has 0 N–H and O–H groups in total. The van der Waals surface area contributed by atoms with Gasteiger partial charge >= 0.3 is 0 Å². The molecular formula is C52H33NOS. The third kappa shape index (κ3) is 5.34. The summed E-state index contributed by atoms with van der Waals surface area (Å²) < 4.78 is 9.10. The largest absolute Gasteiger partial charge is 0.455 e. The Morgan fingerprint density at radius 2 is 1.31 bits per heavy atom. The normalized spacial score (nSPS) is 13.0. The van der Waals surface area contributed by atoms with E-state index in [1.54, 1.807) is 0 Å². The Hall–Kier alpha value is -6.86. The number of anilines is 2. The van der Waals surface area contributed by atoms with Gasteiger partial charge in [-0.15, -0.1) is 11.3 Å². The van der Waals surface area contributed by atoms with Crippen LogP contribution in [0, 0.1) is 12.1 Å². The van der Waals surface area contributed by atoms with Crippen molar-refractivity contribution in [1.82, 2.24) is 0 Å². The smallest absolute Gasteiger partial charge is 0.143 e. The van der Waals surface area contributed by atoms with E-state index in [4.69, 9.17) is 4.42 Å². The highest BCUT2D eigenvalue weighted by molar-refractivity contribution is 7.25. The van der Waals surface area contributed by atoms with E-state index < -0.39 is 0 Å². The molecule has 1 aliphatic rings. The molecule has 0 bridgehead atoms. The molecule has 2 aromatic heterocycles. The number of benzene rings is 7. The van der Waals surface area contributed by atoms with Gasteiger partial charge < -0.3 is 9.32 Å². The number of rotatable bonds is 6. The van der Waals surface area contributed by atoms with Gasteiger partial charge in [0, 0.05) is 59.0 Å². The lowest BCUT2D eigenvalue weighted by Gasteiger charge is -2.32. The number of furan rings is 1. The van der Waals surface area contributed by atoms with Crippen LogP contribution in [0.5, 0.6) is 0 Å². The molecule has 10 aromatic rings. The summed E-state index contributed by atoms with van der Waals surface area (Å²) in [5, 5.41) is 7.23. The first kappa shape index (κ1) is 31.6. The van der Waals surface area contributed by atoms with Crippen LogP contribution >= 0.6 is 11.3 Å². The van der Waals surface area contributed by atoms with Gasteiger partial charge in [-0.25, -0.2) is 0 Å². The fraction of sp³-hybridized carbons (Fsp3) is 0.0385. The van der Waals surface area contributed by atoms with E-state index in [-0.39, 0.29) is 0 Å². The van der Waals surface area contributed by atoms with E-state index in [1.807, 2.05) is 29.5 Å². The van der Waals surface area contributed by atoms with E-state index in [0.717, 1.165) is 79.2 Å². The fourth-order valence-corrected chi connectivity index (χ4v) is 9.48. The van der Waals surface area contributed by atoms with Crippen LogP contribution in [0.3, 0.4) is 0 Å². The third-order valence-electron chi connectivity index (χ3n) is 11.0. The molecule has 11 rings (SSSR count). The topological polar surface area (TPSA) is 16.4 Å². The SMILES string of the molecule is c1cc2ccccc2c(-c2ccccc2N(C2=CC(c3ccc4sc5ccccc5c4c3)=CCC2)c2ccc(-c3cccc4c3oc3ccccc34)cc2)c#1. The van der Waals surface area contributed by atoms with Gasteiger partial charge in [0.2, 0.25) is 0 Å². The minimum Gasteiger partial charge on any atom is -0.455 e. The molecular weight excluding hydrogens is 687 g/mol. The number of nitrogens with zero attached hydrogens (tertiary/aromatic N) is 1. The zero-order valence-corrected chi connectivity index (χ0v) is 30.7. The molecule has 258 valence electrons. The molecule has 0 saturated carbocycles. The van der Waals surface area contributed by atoms with Crippen molar-refractivity contribution < 1.29 is 4.42 Å². The second kappa shape index (κ2) is 12.9. The second-order valence-corrected chi connectivity index (χ2v) is 15.3. The van der Waals surface area contributed by atoms with Crippen LogP contribution in [-0.4, -0.2) is 0 Å². The maximum absolute atomic E-state index is 6.45. The Balaban J connectivity index is 1.07. The summed E-state index contributed by atoms with van der Waals surface area (Å²) in [6.45, 7) is 0. The number of fused-ring (bicyclic) bond motifs is 7. The Bertz CT molecular complexity index is 3150. The lowest BCUT2D eigenvalue weighted by molar-refractivity contribution is 0.670. The van der Waals surface area contributed by atoms with Gasteiger partial charge in [0.05, 0.1) is 5.69 Å². The predicted octanol–water partition coefficient (Wildman–Crippen LogP) is 14.9. The standard InChI is InChI=1S/C52H33NOS/c1-2-16-40-34(12-1)13-10-21-42(40)43-17-3-6-23-48(43)53(38-29-26-35(27-30-38)41-20-11-22-46-44-18-4-7-24-49(44)54-52(41)46)39-15-9-14-36(32-39)37-28-31-51-47(33-37)45-19-5-8-25-50(45)55-51/h1-8,11-14,16-20,22-33H,9,15H2. The van der Waals surface area contributed by atoms with Crippen molar-refractivity contribution in [3.8, 4) is 22.3 Å². The van der Waals surface area contributed by atoms with Crippen LogP contribution in [-0.2, 0) is 0 Å². The van der Waals surface area contributed by atoms with Gasteiger partial charge in [0.1, 0.15) is 11.2 Å². The quantitative estimate of drug-likeness (QED) is 0.170. The second-order valence-electron chi connectivity index (χ2n) is 14.2. The molecule has 0 radical (unpaired) electrons. The number of thiophene rings is 1. The van der Waals surface area contributed by atoms with Gasteiger partial charge in [-0.2, -0.15) is 0 Å². The van der Waals surface area contributed by atoms with E-state index in [0.29, 0.717) is 0 Å². The Morgan fingerprint density at radius 1 is 0.582 bits per heavy atom. The Kier molecular flexibility index (Phi) is 7.43. The lowest BCUT2D eigenvalue weighted by Crippen LogP contribution is -2.18. The molecule has 3 heteroatoms. The van der Waals surface area contributed by atoms with Crippen molar-refractivity contribution in [1.29, 1.82) is 0 Å². The van der Waals surface area contributed by atoms with Crippen LogP contribution < -0.4 is 4.90 Å². The van der Waals surface area contributed by atoms with Crippen molar-refractivity contribution >= 4 is 81.2 Å². The molecule has 8 aromatic carbocycles. The number of allylic oxidation sites excluding steroid dienone is 4. The van der Waals surface area contributed by atoms with Gasteiger partial charge in [-0.05, 0) is 94.9 Å². The van der Waals surface area contributed by atoms with Crippen LogP contribution in [0.1, 0.15) is 18.4 Å². The molecule has 0 atom stereocenters. The highest BCUT2D eigenvalue weighted by Crippen LogP contribution is 2.44. The van der Waals surface area contributed by atoms with Gasteiger partial charge in [-0.1, -0.05) is 133 Å². The van der Waals surface area contributed by atoms with E-state index >= 15 is 0 Å². The summed E-state index contributed by atoms with van der Waals surface area (Å²) in [6.07, 6.45) is 6.65. The first-order valence-electron chi connectivity index (χ1n) is 18.8. The highest BCUT2D eigenvalue weighted by Gasteiger charge is 2.23. The van der Waals surface area contributed by atoms with Crippen molar-refractivity contribution in [3.05, 3.63) is 199 Å². The average molecular weight is 720 g/mol. The molecule has 2 nitrogen and oxygen atoms in total. The van der Waals surface area contributed by atoms with E-state index in [2.05, 4.69) is 175 Å². The van der Waals surface area contributed by atoms with Gasteiger partial charge in [0.25, 0.3) is 0 Å². The summed E-state index contributed by atoms with van der Waals surface area (Å²) in [5.74, 6) is 0. The molecule has 2 heterocycles. The van der Waals surface area contributed by atoms with E-state index in [1.165, 1.54) is 37.0 Å². The fourth-order valence-electron chi connectivity index (χ4n) is 8.39. The molecule has 0 unspecified atom stereocenters. The van der Waals surface area contributed by atoms with E-state index in [9.17, 15) is 0 Å². The van der Waals surface area contributed by atoms with Crippen LogP contribution in [0.4, 0.5) is 11.4 Å². The van der Waals surface area contributed by atoms with Gasteiger partial charge in [0.15, 0.2) is 0 Å². The van der Waals surface area contributed by atoms with Crippen LogP contribution in [0.15, 0.2) is 186 Å². The molecule has 0 aliphatic heterocycles. The summed E-state index contributed by atoms with van der Waals surface area (Å²) in [6, 6.07) is 65.5. The molecule has 1 aliphatic carbocycles. The lowest BCUT2D eigenvalue weighted by atomic mass is 9.94. The molecule has 0 fully saturated rings. The number of hydrogen-bond donors (Lipinski definition) is 0. The Morgan fingerprint density at radius 3 is 2.24 bits per heavy atom. The minimum absolute atomic E-state index is 0.909. The zero-order valence-electron chi connectivity index (χ0n) is 29.9. The van der Waals surface area contributed by atoms with Crippen molar-refractivity contribution in [2.75, 3.05) is 4.90 Å². The molecule has 0 amide bonds.